The molecule has 1 fully saturated rings. The smallest absolute Gasteiger partial charge is 0.278 e. The van der Waals surface area contributed by atoms with Crippen LogP contribution in [-0.2, 0) is 10.2 Å². The minimum Gasteiger partial charge on any atom is -0.292 e. The molecule has 1 N–H and O–H groups in total. The molecule has 1 saturated heterocycles. The molecule has 1 aromatic carbocycles. The maximum absolute atomic E-state index is 11.8. The summed E-state index contributed by atoms with van der Waals surface area (Å²) >= 11 is 0. The maximum atomic E-state index is 11.8. The summed E-state index contributed by atoms with van der Waals surface area (Å²) in [4.78, 5) is 2.30. The van der Waals surface area contributed by atoms with Crippen molar-refractivity contribution in [2.75, 3.05) is 40.3 Å². The first-order valence-corrected chi connectivity index (χ1v) is 9.35. The number of likely N-dealkylation sites (tertiary alicyclic amines) is 1. The Morgan fingerprint density at radius 2 is 2.04 bits per heavy atom. The van der Waals surface area contributed by atoms with Gasteiger partial charge in [-0.1, -0.05) is 30.0 Å². The molecule has 6 heteroatoms. The number of rotatable bonds is 5. The normalized spacial score (nSPS) is 19.3. The molecule has 1 aromatic rings. The quantitative estimate of drug-likeness (QED) is 0.821. The highest BCUT2D eigenvalue weighted by Crippen LogP contribution is 2.15. The van der Waals surface area contributed by atoms with Crippen LogP contribution in [0.3, 0.4) is 0 Å². The standard InChI is InChI=1S/C17H25N3O2S/c1-19(2)23(21,22)18-14-17-11-7-13-20(15-17)12-6-10-16-8-4-3-5-9-16/h3-5,8-9,17-18H,7,11-15H2,1-2H3. The molecule has 1 unspecified atom stereocenters. The van der Waals surface area contributed by atoms with Crippen LogP contribution in [0.2, 0.25) is 0 Å². The van der Waals surface area contributed by atoms with E-state index in [1.807, 2.05) is 30.3 Å². The van der Waals surface area contributed by atoms with Crippen molar-refractivity contribution in [2.45, 2.75) is 12.8 Å². The van der Waals surface area contributed by atoms with Crippen molar-refractivity contribution in [1.29, 1.82) is 0 Å². The molecule has 0 amide bonds. The summed E-state index contributed by atoms with van der Waals surface area (Å²) < 4.78 is 27.4. The number of piperidine rings is 1. The Kier molecular flexibility index (Phi) is 6.60. The summed E-state index contributed by atoms with van der Waals surface area (Å²) in [6, 6.07) is 9.95. The Morgan fingerprint density at radius 1 is 1.30 bits per heavy atom. The third kappa shape index (κ3) is 5.96. The summed E-state index contributed by atoms with van der Waals surface area (Å²) in [5, 5.41) is 0. The van der Waals surface area contributed by atoms with E-state index in [1.165, 1.54) is 18.4 Å². The lowest BCUT2D eigenvalue weighted by molar-refractivity contribution is 0.194. The van der Waals surface area contributed by atoms with Crippen LogP contribution in [0.4, 0.5) is 0 Å². The largest absolute Gasteiger partial charge is 0.292 e. The first-order chi connectivity index (χ1) is 11.0. The van der Waals surface area contributed by atoms with Gasteiger partial charge < -0.3 is 0 Å². The minimum absolute atomic E-state index is 0.344. The molecule has 1 heterocycles. The van der Waals surface area contributed by atoms with E-state index in [9.17, 15) is 8.42 Å². The van der Waals surface area contributed by atoms with E-state index in [4.69, 9.17) is 0 Å². The van der Waals surface area contributed by atoms with Crippen molar-refractivity contribution in [3.8, 4) is 11.8 Å². The first-order valence-electron chi connectivity index (χ1n) is 7.91. The zero-order valence-electron chi connectivity index (χ0n) is 13.8. The summed E-state index contributed by atoms with van der Waals surface area (Å²) in [6.45, 7) is 3.13. The molecule has 5 nitrogen and oxygen atoms in total. The molecule has 126 valence electrons. The van der Waals surface area contributed by atoms with Crippen LogP contribution >= 0.6 is 0 Å². The summed E-state index contributed by atoms with van der Waals surface area (Å²) in [5.41, 5.74) is 1.03. The number of hydrogen-bond donors (Lipinski definition) is 1. The Labute approximate surface area is 139 Å². The van der Waals surface area contributed by atoms with Gasteiger partial charge in [0, 0.05) is 32.7 Å². The van der Waals surface area contributed by atoms with E-state index in [0.29, 0.717) is 12.5 Å². The molecule has 0 bridgehead atoms. The SMILES string of the molecule is CN(C)S(=O)(=O)NCC1CCCN(CC#Cc2ccccc2)C1. The third-order valence-electron chi connectivity index (χ3n) is 3.95. The van der Waals surface area contributed by atoms with Crippen molar-refractivity contribution >= 4 is 10.2 Å². The molecule has 1 aliphatic heterocycles. The molecule has 0 aromatic heterocycles. The highest BCUT2D eigenvalue weighted by atomic mass is 32.2. The zero-order chi connectivity index (χ0) is 16.7. The zero-order valence-corrected chi connectivity index (χ0v) is 14.6. The van der Waals surface area contributed by atoms with Gasteiger partial charge in [0.1, 0.15) is 0 Å². The average Bonchev–Trinajstić information content (AvgIpc) is 2.54. The number of nitrogens with zero attached hydrogens (tertiary/aromatic N) is 2. The second-order valence-corrected chi connectivity index (χ2v) is 8.02. The number of benzene rings is 1. The molecule has 0 aliphatic carbocycles. The van der Waals surface area contributed by atoms with E-state index < -0.39 is 10.2 Å². The lowest BCUT2D eigenvalue weighted by Crippen LogP contribution is -2.43. The number of nitrogens with one attached hydrogen (secondary N) is 1. The Morgan fingerprint density at radius 3 is 2.74 bits per heavy atom. The van der Waals surface area contributed by atoms with Gasteiger partial charge in [-0.2, -0.15) is 12.7 Å². The van der Waals surface area contributed by atoms with Crippen LogP contribution in [0.5, 0.6) is 0 Å². The van der Waals surface area contributed by atoms with Gasteiger partial charge in [0.15, 0.2) is 0 Å². The summed E-state index contributed by atoms with van der Waals surface area (Å²) in [5.74, 6) is 6.72. The van der Waals surface area contributed by atoms with E-state index in [1.54, 1.807) is 0 Å². The molecule has 0 radical (unpaired) electrons. The highest BCUT2D eigenvalue weighted by Gasteiger charge is 2.21. The maximum Gasteiger partial charge on any atom is 0.278 e. The number of hydrogen-bond acceptors (Lipinski definition) is 3. The van der Waals surface area contributed by atoms with Crippen LogP contribution in [0.15, 0.2) is 30.3 Å². The van der Waals surface area contributed by atoms with E-state index in [0.717, 1.165) is 38.0 Å². The van der Waals surface area contributed by atoms with Crippen LogP contribution in [-0.4, -0.2) is 57.9 Å². The Bertz CT molecular complexity index is 647. The van der Waals surface area contributed by atoms with Gasteiger partial charge in [0.2, 0.25) is 0 Å². The van der Waals surface area contributed by atoms with Gasteiger partial charge in [-0.05, 0) is 37.4 Å². The van der Waals surface area contributed by atoms with Gasteiger partial charge in [-0.15, -0.1) is 0 Å². The first kappa shape index (κ1) is 18.0. The summed E-state index contributed by atoms with van der Waals surface area (Å²) in [6.07, 6.45) is 2.14. The van der Waals surface area contributed by atoms with Crippen LogP contribution in [0, 0.1) is 17.8 Å². The molecule has 23 heavy (non-hydrogen) atoms. The fourth-order valence-electron chi connectivity index (χ4n) is 2.59. The van der Waals surface area contributed by atoms with E-state index in [2.05, 4.69) is 21.5 Å². The molecule has 0 saturated carbocycles. The molecule has 2 rings (SSSR count). The van der Waals surface area contributed by atoms with Gasteiger partial charge in [-0.25, -0.2) is 4.72 Å². The minimum atomic E-state index is -3.33. The molecule has 1 atom stereocenters. The van der Waals surface area contributed by atoms with E-state index >= 15 is 0 Å². The van der Waals surface area contributed by atoms with Gasteiger partial charge in [0.25, 0.3) is 10.2 Å². The molecular formula is C17H25N3O2S. The van der Waals surface area contributed by atoms with Crippen molar-refractivity contribution < 1.29 is 8.42 Å². The fraction of sp³-hybridized carbons (Fsp3) is 0.529. The van der Waals surface area contributed by atoms with Crippen molar-refractivity contribution in [2.24, 2.45) is 5.92 Å². The molecule has 0 spiro atoms. The highest BCUT2D eigenvalue weighted by molar-refractivity contribution is 7.87. The predicted molar refractivity (Wildman–Crippen MR) is 93.1 cm³/mol. The monoisotopic (exact) mass is 335 g/mol. The van der Waals surface area contributed by atoms with Crippen LogP contribution < -0.4 is 4.72 Å². The fourth-order valence-corrected chi connectivity index (χ4v) is 3.29. The van der Waals surface area contributed by atoms with Gasteiger partial charge >= 0.3 is 0 Å². The van der Waals surface area contributed by atoms with Gasteiger partial charge in [0.05, 0.1) is 6.54 Å². The lowest BCUT2D eigenvalue weighted by Gasteiger charge is -2.31. The second kappa shape index (κ2) is 8.46. The molecular weight excluding hydrogens is 310 g/mol. The average molecular weight is 335 g/mol. The summed E-state index contributed by atoms with van der Waals surface area (Å²) in [7, 11) is -0.258. The molecule has 1 aliphatic rings. The predicted octanol–water partition coefficient (Wildman–Crippen LogP) is 1.15. The van der Waals surface area contributed by atoms with E-state index in [-0.39, 0.29) is 0 Å². The van der Waals surface area contributed by atoms with Crippen molar-refractivity contribution in [3.05, 3.63) is 35.9 Å². The van der Waals surface area contributed by atoms with Crippen molar-refractivity contribution in [3.63, 3.8) is 0 Å². The van der Waals surface area contributed by atoms with Crippen LogP contribution in [0.1, 0.15) is 18.4 Å². The Balaban J connectivity index is 1.81. The Hall–Kier alpha value is -1.39. The second-order valence-electron chi connectivity index (χ2n) is 6.05. The van der Waals surface area contributed by atoms with Gasteiger partial charge in [-0.3, -0.25) is 4.90 Å². The van der Waals surface area contributed by atoms with Crippen molar-refractivity contribution in [1.82, 2.24) is 13.9 Å². The topological polar surface area (TPSA) is 52.7 Å². The van der Waals surface area contributed by atoms with Crippen LogP contribution in [0.25, 0.3) is 0 Å². The third-order valence-corrected chi connectivity index (χ3v) is 5.44. The lowest BCUT2D eigenvalue weighted by atomic mass is 9.98.